The average Bonchev–Trinajstić information content (AvgIpc) is 3.02. The molecule has 0 radical (unpaired) electrons. The summed E-state index contributed by atoms with van der Waals surface area (Å²) in [5.74, 6) is -0.146. The Morgan fingerprint density at radius 3 is 2.80 bits per heavy atom. The summed E-state index contributed by atoms with van der Waals surface area (Å²) in [7, 11) is 0. The van der Waals surface area contributed by atoms with Gasteiger partial charge in [-0.25, -0.2) is 4.98 Å². The lowest BCUT2D eigenvalue weighted by atomic mass is 10.2. The highest BCUT2D eigenvalue weighted by Crippen LogP contribution is 1.99. The molecule has 114 valence electrons. The molecule has 2 N–H and O–H groups in total. The van der Waals surface area contributed by atoms with Crippen molar-refractivity contribution in [2.75, 3.05) is 6.54 Å². The molecular weight excluding hydrogens is 254 g/mol. The highest BCUT2D eigenvalue weighted by atomic mass is 16.7. The first-order chi connectivity index (χ1) is 9.81. The third-order valence-electron chi connectivity index (χ3n) is 2.51. The lowest BCUT2D eigenvalue weighted by Gasteiger charge is -2.04. The van der Waals surface area contributed by atoms with E-state index >= 15 is 0 Å². The Labute approximate surface area is 121 Å². The Kier molecular flexibility index (Phi) is 14.2. The van der Waals surface area contributed by atoms with Crippen LogP contribution in [-0.2, 0) is 9.63 Å². The number of nitrogens with one attached hydrogen (secondary N) is 2. The standard InChI is InChI=1S/C12H23NO2.C3H4N2/c1-3-5-7-9-11-13-15-12(14)10-8-6-4-2;1-2-5-3-4-1/h3,13H,1,4-11H2,2H3;1-3H,(H,4,5). The number of hydroxylamine groups is 1. The smallest absolute Gasteiger partial charge is 0.324 e. The molecule has 0 saturated carbocycles. The Hall–Kier alpha value is -1.62. The molecule has 0 aromatic carbocycles. The van der Waals surface area contributed by atoms with Crippen LogP contribution in [0.25, 0.3) is 0 Å². The van der Waals surface area contributed by atoms with Gasteiger partial charge in [-0.2, -0.15) is 5.48 Å². The first-order valence-corrected chi connectivity index (χ1v) is 7.27. The van der Waals surface area contributed by atoms with Crippen LogP contribution < -0.4 is 5.48 Å². The predicted octanol–water partition coefficient (Wildman–Crippen LogP) is 3.38. The SMILES string of the molecule is C=CCCCCNOC(=O)CCCCC.c1c[nH]cn1. The van der Waals surface area contributed by atoms with Crippen molar-refractivity contribution < 1.29 is 9.63 Å². The van der Waals surface area contributed by atoms with E-state index < -0.39 is 0 Å². The molecule has 0 saturated heterocycles. The first-order valence-electron chi connectivity index (χ1n) is 7.27. The lowest BCUT2D eigenvalue weighted by Crippen LogP contribution is -2.20. The Bertz CT molecular complexity index is 296. The minimum Gasteiger partial charge on any atom is -0.371 e. The van der Waals surface area contributed by atoms with E-state index in [1.54, 1.807) is 18.7 Å². The molecule has 1 heterocycles. The van der Waals surface area contributed by atoms with Crippen molar-refractivity contribution in [3.05, 3.63) is 31.4 Å². The third-order valence-corrected chi connectivity index (χ3v) is 2.51. The Morgan fingerprint density at radius 2 is 2.25 bits per heavy atom. The van der Waals surface area contributed by atoms with Crippen LogP contribution in [-0.4, -0.2) is 22.5 Å². The number of aromatic nitrogens is 2. The summed E-state index contributed by atoms with van der Waals surface area (Å²) >= 11 is 0. The van der Waals surface area contributed by atoms with Crippen LogP contribution in [0.3, 0.4) is 0 Å². The highest BCUT2D eigenvalue weighted by Gasteiger charge is 2.01. The molecule has 0 bridgehead atoms. The van der Waals surface area contributed by atoms with Gasteiger partial charge in [0.1, 0.15) is 0 Å². The molecular formula is C15H27N3O2. The van der Waals surface area contributed by atoms with Gasteiger partial charge in [0.25, 0.3) is 0 Å². The second kappa shape index (κ2) is 15.4. The first kappa shape index (κ1) is 18.4. The van der Waals surface area contributed by atoms with E-state index in [9.17, 15) is 4.79 Å². The number of allylic oxidation sites excluding steroid dienone is 1. The van der Waals surface area contributed by atoms with Crippen molar-refractivity contribution in [2.24, 2.45) is 0 Å². The minimum absolute atomic E-state index is 0.146. The van der Waals surface area contributed by atoms with Gasteiger partial charge in [-0.1, -0.05) is 25.8 Å². The average molecular weight is 281 g/mol. The number of aromatic amines is 1. The van der Waals surface area contributed by atoms with E-state index in [1.807, 2.05) is 6.08 Å². The molecule has 0 unspecified atom stereocenters. The molecule has 0 atom stereocenters. The zero-order valence-electron chi connectivity index (χ0n) is 12.4. The Morgan fingerprint density at radius 1 is 1.40 bits per heavy atom. The maximum atomic E-state index is 11.1. The van der Waals surface area contributed by atoms with Gasteiger partial charge in [-0.15, -0.1) is 6.58 Å². The van der Waals surface area contributed by atoms with Crippen molar-refractivity contribution in [1.29, 1.82) is 0 Å². The van der Waals surface area contributed by atoms with Gasteiger partial charge < -0.3 is 9.82 Å². The lowest BCUT2D eigenvalue weighted by molar-refractivity contribution is -0.151. The molecule has 20 heavy (non-hydrogen) atoms. The summed E-state index contributed by atoms with van der Waals surface area (Å²) in [6, 6.07) is 0. The fourth-order valence-electron chi connectivity index (χ4n) is 1.40. The van der Waals surface area contributed by atoms with Gasteiger partial charge in [-0.05, 0) is 25.7 Å². The summed E-state index contributed by atoms with van der Waals surface area (Å²) in [6.07, 6.45) is 13.8. The number of hydrogen-bond donors (Lipinski definition) is 2. The number of hydrogen-bond acceptors (Lipinski definition) is 4. The van der Waals surface area contributed by atoms with Crippen molar-refractivity contribution in [2.45, 2.75) is 51.9 Å². The van der Waals surface area contributed by atoms with E-state index in [1.165, 1.54) is 0 Å². The number of imidazole rings is 1. The van der Waals surface area contributed by atoms with Crippen LogP contribution >= 0.6 is 0 Å². The number of nitrogens with zero attached hydrogens (tertiary/aromatic N) is 1. The van der Waals surface area contributed by atoms with Crippen LogP contribution in [0.4, 0.5) is 0 Å². The summed E-state index contributed by atoms with van der Waals surface area (Å²) < 4.78 is 0. The molecule has 0 fully saturated rings. The molecule has 0 amide bonds. The van der Waals surface area contributed by atoms with E-state index in [0.29, 0.717) is 6.42 Å². The third kappa shape index (κ3) is 14.4. The van der Waals surface area contributed by atoms with Crippen LogP contribution in [0.2, 0.25) is 0 Å². The van der Waals surface area contributed by atoms with Gasteiger partial charge in [0, 0.05) is 25.4 Å². The van der Waals surface area contributed by atoms with Gasteiger partial charge in [0.2, 0.25) is 0 Å². The maximum Gasteiger partial charge on any atom is 0.324 e. The van der Waals surface area contributed by atoms with Gasteiger partial charge in [0.15, 0.2) is 0 Å². The van der Waals surface area contributed by atoms with Crippen LogP contribution in [0, 0.1) is 0 Å². The maximum absolute atomic E-state index is 11.1. The Balaban J connectivity index is 0.000000595. The molecule has 5 heteroatoms. The van der Waals surface area contributed by atoms with E-state index in [0.717, 1.165) is 45.1 Å². The molecule has 1 aromatic heterocycles. The van der Waals surface area contributed by atoms with E-state index in [4.69, 9.17) is 4.84 Å². The molecule has 5 nitrogen and oxygen atoms in total. The summed E-state index contributed by atoms with van der Waals surface area (Å²) in [5, 5.41) is 0. The molecule has 1 aromatic rings. The number of rotatable bonds is 10. The minimum atomic E-state index is -0.146. The molecule has 0 aliphatic carbocycles. The highest BCUT2D eigenvalue weighted by molar-refractivity contribution is 5.68. The van der Waals surface area contributed by atoms with Crippen molar-refractivity contribution in [3.63, 3.8) is 0 Å². The largest absolute Gasteiger partial charge is 0.371 e. The summed E-state index contributed by atoms with van der Waals surface area (Å²) in [5.41, 5.74) is 2.69. The van der Waals surface area contributed by atoms with Crippen molar-refractivity contribution in [1.82, 2.24) is 15.4 Å². The fourth-order valence-corrected chi connectivity index (χ4v) is 1.40. The molecule has 0 spiro atoms. The van der Waals surface area contributed by atoms with Crippen LogP contribution in [0.5, 0.6) is 0 Å². The number of carbonyl (C=O) groups is 1. The quantitative estimate of drug-likeness (QED) is 0.392. The predicted molar refractivity (Wildman–Crippen MR) is 80.9 cm³/mol. The fraction of sp³-hybridized carbons (Fsp3) is 0.600. The topological polar surface area (TPSA) is 67.0 Å². The summed E-state index contributed by atoms with van der Waals surface area (Å²) in [6.45, 7) is 6.49. The second-order valence-electron chi connectivity index (χ2n) is 4.37. The normalized spacial score (nSPS) is 9.45. The number of H-pyrrole nitrogens is 1. The number of carbonyl (C=O) groups excluding carboxylic acids is 1. The van der Waals surface area contributed by atoms with Crippen LogP contribution in [0.15, 0.2) is 31.4 Å². The van der Waals surface area contributed by atoms with Gasteiger partial charge in [-0.3, -0.25) is 4.79 Å². The zero-order valence-corrected chi connectivity index (χ0v) is 12.4. The number of unbranched alkanes of at least 4 members (excludes halogenated alkanes) is 4. The van der Waals surface area contributed by atoms with E-state index in [2.05, 4.69) is 29.0 Å². The van der Waals surface area contributed by atoms with Crippen LogP contribution in [0.1, 0.15) is 51.9 Å². The van der Waals surface area contributed by atoms with E-state index in [-0.39, 0.29) is 5.97 Å². The van der Waals surface area contributed by atoms with Gasteiger partial charge >= 0.3 is 5.97 Å². The van der Waals surface area contributed by atoms with Crippen molar-refractivity contribution >= 4 is 5.97 Å². The summed E-state index contributed by atoms with van der Waals surface area (Å²) in [4.78, 5) is 22.4. The second-order valence-corrected chi connectivity index (χ2v) is 4.37. The monoisotopic (exact) mass is 281 g/mol. The van der Waals surface area contributed by atoms with Gasteiger partial charge in [0.05, 0.1) is 6.33 Å². The molecule has 0 aliphatic heterocycles. The molecule has 0 aliphatic rings. The zero-order chi connectivity index (χ0) is 14.9. The molecule has 1 rings (SSSR count). The van der Waals surface area contributed by atoms with Crippen molar-refractivity contribution in [3.8, 4) is 0 Å².